The van der Waals surface area contributed by atoms with Crippen molar-refractivity contribution in [3.8, 4) is 12.1 Å². The molecule has 1 N–H and O–H groups in total. The molecule has 0 saturated heterocycles. The first kappa shape index (κ1) is 19.8. The van der Waals surface area contributed by atoms with Gasteiger partial charge in [-0.15, -0.1) is 0 Å². The summed E-state index contributed by atoms with van der Waals surface area (Å²) in [4.78, 5) is 12.5. The van der Waals surface area contributed by atoms with Crippen molar-refractivity contribution in [1.82, 2.24) is 9.88 Å². The Morgan fingerprint density at radius 3 is 2.58 bits per heavy atom. The minimum absolute atomic E-state index is 0.0211. The van der Waals surface area contributed by atoms with Crippen LogP contribution in [0.2, 0.25) is 0 Å². The van der Waals surface area contributed by atoms with Gasteiger partial charge in [-0.05, 0) is 42.0 Å². The molecule has 0 bridgehead atoms. The number of nitrogens with zero attached hydrogens (tertiary/aromatic N) is 3. The fourth-order valence-corrected chi connectivity index (χ4v) is 3.38. The molecule has 0 aliphatic heterocycles. The maximum Gasteiger partial charge on any atom is 0.262 e. The number of rotatable bonds is 6. The van der Waals surface area contributed by atoms with Gasteiger partial charge in [-0.3, -0.25) is 4.79 Å². The molecule has 150 valence electrons. The molecule has 2 aromatic carbocycles. The van der Waals surface area contributed by atoms with Gasteiger partial charge in [-0.2, -0.15) is 10.5 Å². The maximum absolute atomic E-state index is 12.5. The highest BCUT2D eigenvalue weighted by molar-refractivity contribution is 6.04. The Kier molecular flexibility index (Phi) is 5.64. The number of nitriles is 2. The lowest BCUT2D eigenvalue weighted by Crippen LogP contribution is -2.23. The normalized spacial score (nSPS) is 11.1. The lowest BCUT2D eigenvalue weighted by molar-refractivity contribution is -0.117. The third kappa shape index (κ3) is 4.39. The molecule has 0 aliphatic rings. The molecule has 0 atom stereocenters. The van der Waals surface area contributed by atoms with Crippen molar-refractivity contribution >= 4 is 22.9 Å². The second-order valence-corrected chi connectivity index (χ2v) is 6.97. The zero-order valence-corrected chi connectivity index (χ0v) is 16.6. The highest BCUT2D eigenvalue weighted by Crippen LogP contribution is 2.24. The summed E-state index contributed by atoms with van der Waals surface area (Å²) in [5.41, 5.74) is 3.46. The number of benzene rings is 2. The molecule has 6 nitrogen and oxygen atoms in total. The van der Waals surface area contributed by atoms with Crippen LogP contribution in [0.1, 0.15) is 22.5 Å². The van der Waals surface area contributed by atoms with Gasteiger partial charge in [0.05, 0.1) is 24.4 Å². The van der Waals surface area contributed by atoms with E-state index in [4.69, 9.17) is 9.68 Å². The van der Waals surface area contributed by atoms with Crippen LogP contribution in [0.4, 0.5) is 0 Å². The average Bonchev–Trinajstić information content (AvgIpc) is 3.45. The number of amides is 1. The fraction of sp³-hybridized carbons (Fsp3) is 0.0800. The van der Waals surface area contributed by atoms with Gasteiger partial charge >= 0.3 is 0 Å². The minimum Gasteiger partial charge on any atom is -0.467 e. The second kappa shape index (κ2) is 8.86. The largest absolute Gasteiger partial charge is 0.467 e. The zero-order chi connectivity index (χ0) is 21.6. The van der Waals surface area contributed by atoms with Crippen molar-refractivity contribution in [1.29, 1.82) is 10.5 Å². The van der Waals surface area contributed by atoms with Crippen LogP contribution in [0.25, 0.3) is 17.0 Å². The Labute approximate surface area is 179 Å². The van der Waals surface area contributed by atoms with E-state index >= 15 is 0 Å². The molecule has 4 rings (SSSR count). The molecule has 0 spiro atoms. The van der Waals surface area contributed by atoms with Crippen molar-refractivity contribution in [3.05, 3.63) is 101 Å². The van der Waals surface area contributed by atoms with Crippen molar-refractivity contribution in [3.63, 3.8) is 0 Å². The molecule has 0 radical (unpaired) electrons. The SMILES string of the molecule is N#CC(=Cc1cn(Cc2ccc(C#N)cc2)c2ccccc12)C(=O)NCc1ccco1. The van der Waals surface area contributed by atoms with Crippen LogP contribution in [0.15, 0.2) is 83.1 Å². The number of carbonyl (C=O) groups excluding carboxylic acids is 1. The molecule has 4 aromatic rings. The van der Waals surface area contributed by atoms with Crippen molar-refractivity contribution in [2.45, 2.75) is 13.1 Å². The lowest BCUT2D eigenvalue weighted by Gasteiger charge is -2.05. The van der Waals surface area contributed by atoms with Crippen LogP contribution in [0.3, 0.4) is 0 Å². The number of hydrogen-bond acceptors (Lipinski definition) is 4. The summed E-state index contributed by atoms with van der Waals surface area (Å²) >= 11 is 0. The summed E-state index contributed by atoms with van der Waals surface area (Å²) < 4.78 is 7.28. The van der Waals surface area contributed by atoms with E-state index in [1.807, 2.05) is 48.7 Å². The fourth-order valence-electron chi connectivity index (χ4n) is 3.38. The van der Waals surface area contributed by atoms with E-state index in [1.54, 1.807) is 30.3 Å². The van der Waals surface area contributed by atoms with Gasteiger partial charge in [0.2, 0.25) is 0 Å². The van der Waals surface area contributed by atoms with Crippen LogP contribution in [0.5, 0.6) is 0 Å². The van der Waals surface area contributed by atoms with E-state index in [-0.39, 0.29) is 12.1 Å². The number of aromatic nitrogens is 1. The van der Waals surface area contributed by atoms with Crippen LogP contribution < -0.4 is 5.32 Å². The number of fused-ring (bicyclic) bond motifs is 1. The number of hydrogen-bond donors (Lipinski definition) is 1. The standard InChI is InChI=1S/C25H18N4O2/c26-13-18-7-9-19(10-8-18)16-29-17-21(23-5-1-2-6-24(23)29)12-20(14-27)25(30)28-15-22-4-3-11-31-22/h1-12,17H,15-16H2,(H,28,30). The third-order valence-electron chi connectivity index (χ3n) is 4.92. The first-order valence-electron chi connectivity index (χ1n) is 9.67. The third-order valence-corrected chi connectivity index (χ3v) is 4.92. The van der Waals surface area contributed by atoms with Gasteiger partial charge in [0, 0.05) is 29.2 Å². The van der Waals surface area contributed by atoms with Crippen molar-refractivity contribution < 1.29 is 9.21 Å². The summed E-state index contributed by atoms with van der Waals surface area (Å²) in [6.07, 6.45) is 5.07. The highest BCUT2D eigenvalue weighted by atomic mass is 16.3. The number of furan rings is 1. The molecular formula is C25H18N4O2. The summed E-state index contributed by atoms with van der Waals surface area (Å²) in [7, 11) is 0. The number of carbonyl (C=O) groups is 1. The van der Waals surface area contributed by atoms with Crippen LogP contribution in [-0.4, -0.2) is 10.5 Å². The van der Waals surface area contributed by atoms with E-state index in [0.29, 0.717) is 17.9 Å². The molecule has 0 fully saturated rings. The van der Waals surface area contributed by atoms with E-state index in [9.17, 15) is 10.1 Å². The van der Waals surface area contributed by atoms with Gasteiger partial charge in [-0.1, -0.05) is 30.3 Å². The Bertz CT molecular complexity index is 1330. The van der Waals surface area contributed by atoms with E-state index in [0.717, 1.165) is 22.0 Å². The molecule has 0 aliphatic carbocycles. The highest BCUT2D eigenvalue weighted by Gasteiger charge is 2.13. The zero-order valence-electron chi connectivity index (χ0n) is 16.6. The lowest BCUT2D eigenvalue weighted by atomic mass is 10.1. The molecule has 6 heteroatoms. The quantitative estimate of drug-likeness (QED) is 0.380. The maximum atomic E-state index is 12.5. The summed E-state index contributed by atoms with van der Waals surface area (Å²) in [6.45, 7) is 0.817. The smallest absolute Gasteiger partial charge is 0.262 e. The predicted octanol–water partition coefficient (Wildman–Crippen LogP) is 4.38. The van der Waals surface area contributed by atoms with Gasteiger partial charge < -0.3 is 14.3 Å². The first-order chi connectivity index (χ1) is 15.2. The minimum atomic E-state index is -0.456. The summed E-state index contributed by atoms with van der Waals surface area (Å²) in [5.74, 6) is 0.160. The van der Waals surface area contributed by atoms with Gasteiger partial charge in [-0.25, -0.2) is 0 Å². The molecule has 2 aromatic heterocycles. The predicted molar refractivity (Wildman–Crippen MR) is 116 cm³/mol. The Hall–Kier alpha value is -4.55. The first-order valence-corrected chi connectivity index (χ1v) is 9.67. The number of nitrogens with one attached hydrogen (secondary N) is 1. The van der Waals surface area contributed by atoms with Crippen molar-refractivity contribution in [2.75, 3.05) is 0 Å². The average molecular weight is 406 g/mol. The monoisotopic (exact) mass is 406 g/mol. The Balaban J connectivity index is 1.62. The van der Waals surface area contributed by atoms with Gasteiger partial charge in [0.1, 0.15) is 17.4 Å². The molecule has 1 amide bonds. The van der Waals surface area contributed by atoms with E-state index in [1.165, 1.54) is 6.26 Å². The topological polar surface area (TPSA) is 94.8 Å². The molecule has 31 heavy (non-hydrogen) atoms. The Morgan fingerprint density at radius 1 is 1.06 bits per heavy atom. The van der Waals surface area contributed by atoms with Gasteiger partial charge in [0.25, 0.3) is 5.91 Å². The van der Waals surface area contributed by atoms with Crippen LogP contribution >= 0.6 is 0 Å². The molecule has 2 heterocycles. The molecule has 0 unspecified atom stereocenters. The molecular weight excluding hydrogens is 388 g/mol. The molecule has 0 saturated carbocycles. The summed E-state index contributed by atoms with van der Waals surface area (Å²) in [5, 5.41) is 22.2. The second-order valence-electron chi connectivity index (χ2n) is 6.97. The number of para-hydroxylation sites is 1. The summed E-state index contributed by atoms with van der Waals surface area (Å²) in [6, 6.07) is 22.9. The van der Waals surface area contributed by atoms with E-state index in [2.05, 4.69) is 16.0 Å². The van der Waals surface area contributed by atoms with Crippen LogP contribution in [-0.2, 0) is 17.9 Å². The van der Waals surface area contributed by atoms with E-state index < -0.39 is 5.91 Å². The van der Waals surface area contributed by atoms with Crippen LogP contribution in [0, 0.1) is 22.7 Å². The Morgan fingerprint density at radius 2 is 1.87 bits per heavy atom. The van der Waals surface area contributed by atoms with Crippen molar-refractivity contribution in [2.24, 2.45) is 0 Å². The van der Waals surface area contributed by atoms with Gasteiger partial charge in [0.15, 0.2) is 0 Å².